The second-order valence-electron chi connectivity index (χ2n) is 8.63. The van der Waals surface area contributed by atoms with E-state index in [1.54, 1.807) is 0 Å². The van der Waals surface area contributed by atoms with Gasteiger partial charge in [0.15, 0.2) is 30.9 Å². The molecule has 8 nitrogen and oxygen atoms in total. The van der Waals surface area contributed by atoms with Crippen LogP contribution in [0.15, 0.2) is 47.4 Å². The van der Waals surface area contributed by atoms with Crippen molar-refractivity contribution < 1.29 is 36.3 Å². The molecular weight excluding hydrogens is 562 g/mol. The maximum atomic E-state index is 14.4. The highest BCUT2D eigenvalue weighted by atomic mass is 35.5. The molecule has 202 valence electrons. The van der Waals surface area contributed by atoms with E-state index in [0.717, 1.165) is 49.7 Å². The van der Waals surface area contributed by atoms with Crippen molar-refractivity contribution in [3.63, 3.8) is 0 Å². The van der Waals surface area contributed by atoms with Gasteiger partial charge >= 0.3 is 5.97 Å². The highest BCUT2D eigenvalue weighted by Crippen LogP contribution is 2.35. The van der Waals surface area contributed by atoms with Crippen LogP contribution in [0.3, 0.4) is 0 Å². The van der Waals surface area contributed by atoms with E-state index in [0.29, 0.717) is 18.9 Å². The first-order chi connectivity index (χ1) is 18.0. The fourth-order valence-electron chi connectivity index (χ4n) is 4.08. The largest absolute Gasteiger partial charge is 0.473 e. The Morgan fingerprint density at radius 2 is 1.79 bits per heavy atom. The number of anilines is 1. The molecule has 0 radical (unpaired) electrons. The molecule has 1 fully saturated rings. The lowest BCUT2D eigenvalue weighted by molar-refractivity contribution is -0.132. The predicted octanol–water partition coefficient (Wildman–Crippen LogP) is 5.87. The average Bonchev–Trinajstić information content (AvgIpc) is 3.21. The van der Waals surface area contributed by atoms with Gasteiger partial charge in [0, 0.05) is 18.6 Å². The number of carbonyl (C=O) groups excluding carboxylic acids is 2. The van der Waals surface area contributed by atoms with Gasteiger partial charge in [-0.05, 0) is 37.1 Å². The minimum absolute atomic E-state index is 0.00909. The van der Waals surface area contributed by atoms with E-state index in [1.165, 1.54) is 24.3 Å². The highest BCUT2D eigenvalue weighted by Gasteiger charge is 2.30. The van der Waals surface area contributed by atoms with Crippen molar-refractivity contribution in [3.8, 4) is 11.6 Å². The Kier molecular flexibility index (Phi) is 8.64. The number of hydrogen-bond acceptors (Lipinski definition) is 8. The molecule has 38 heavy (non-hydrogen) atoms. The number of aromatic nitrogens is 1. The quantitative estimate of drug-likeness (QED) is 0.330. The van der Waals surface area contributed by atoms with E-state index in [-0.39, 0.29) is 25.8 Å². The molecule has 1 heterocycles. The van der Waals surface area contributed by atoms with Crippen molar-refractivity contribution >= 4 is 49.8 Å². The summed E-state index contributed by atoms with van der Waals surface area (Å²) < 4.78 is 64.4. The Hall–Kier alpha value is -3.09. The number of halogens is 3. The Morgan fingerprint density at radius 3 is 2.42 bits per heavy atom. The highest BCUT2D eigenvalue weighted by molar-refractivity contribution is 7.92. The first-order valence-electron chi connectivity index (χ1n) is 11.7. The zero-order chi connectivity index (χ0) is 27.4. The summed E-state index contributed by atoms with van der Waals surface area (Å²) in [5, 5.41) is 1.98. The molecule has 0 saturated heterocycles. The molecule has 13 heteroatoms. The number of benzene rings is 2. The normalized spacial score (nSPS) is 15.1. The second-order valence-corrected chi connectivity index (χ2v) is 12.5. The number of rotatable bonds is 8. The predicted molar refractivity (Wildman–Crippen MR) is 137 cm³/mol. The van der Waals surface area contributed by atoms with Crippen LogP contribution in [0, 0.1) is 11.6 Å². The zero-order valence-corrected chi connectivity index (χ0v) is 22.5. The minimum atomic E-state index is -3.56. The third-order valence-electron chi connectivity index (χ3n) is 5.91. The lowest BCUT2D eigenvalue weighted by atomic mass is 10.0. The lowest BCUT2D eigenvalue weighted by Crippen LogP contribution is -2.26. The number of esters is 1. The Labute approximate surface area is 226 Å². The third kappa shape index (κ3) is 6.48. The maximum absolute atomic E-state index is 14.4. The van der Waals surface area contributed by atoms with Crippen LogP contribution in [0.1, 0.15) is 50.7 Å². The molecule has 4 rings (SSSR count). The summed E-state index contributed by atoms with van der Waals surface area (Å²) in [4.78, 5) is 28.5. The summed E-state index contributed by atoms with van der Waals surface area (Å²) in [5.41, 5.74) is 0.205. The lowest BCUT2D eigenvalue weighted by Gasteiger charge is -2.22. The van der Waals surface area contributed by atoms with Crippen LogP contribution in [0.2, 0.25) is 4.34 Å². The molecular formula is C25H23ClF2N2O6S2. The van der Waals surface area contributed by atoms with E-state index < -0.39 is 50.5 Å². The van der Waals surface area contributed by atoms with Crippen LogP contribution in [0.4, 0.5) is 13.9 Å². The SMILES string of the molecule is CC(=O)Oc1nc(NC(=O)C(Oc2ccc(F)cc2F)c2ccc(S(=O)(=O)C3CCCCC3)cc2)sc1Cl. The van der Waals surface area contributed by atoms with Crippen LogP contribution in [0.25, 0.3) is 0 Å². The van der Waals surface area contributed by atoms with Crippen LogP contribution >= 0.6 is 22.9 Å². The van der Waals surface area contributed by atoms with Crippen molar-refractivity contribution in [1.82, 2.24) is 4.98 Å². The van der Waals surface area contributed by atoms with Crippen molar-refractivity contribution in [1.29, 1.82) is 0 Å². The van der Waals surface area contributed by atoms with Crippen LogP contribution in [0.5, 0.6) is 11.6 Å². The molecule has 0 spiro atoms. The Bertz CT molecular complexity index is 1440. The van der Waals surface area contributed by atoms with Gasteiger partial charge in [0.1, 0.15) is 5.82 Å². The van der Waals surface area contributed by atoms with Crippen molar-refractivity contribution in [2.75, 3.05) is 5.32 Å². The summed E-state index contributed by atoms with van der Waals surface area (Å²) in [6, 6.07) is 8.17. The number of hydrogen-bond donors (Lipinski definition) is 1. The van der Waals surface area contributed by atoms with Gasteiger partial charge in [-0.15, -0.1) is 0 Å². The van der Waals surface area contributed by atoms with Crippen molar-refractivity contribution in [2.24, 2.45) is 0 Å². The van der Waals surface area contributed by atoms with Gasteiger partial charge in [0.25, 0.3) is 11.8 Å². The van der Waals surface area contributed by atoms with E-state index in [2.05, 4.69) is 10.3 Å². The first kappa shape index (κ1) is 27.9. The van der Waals surface area contributed by atoms with E-state index >= 15 is 0 Å². The minimum Gasteiger partial charge on any atom is -0.473 e. The molecule has 1 aliphatic rings. The zero-order valence-electron chi connectivity index (χ0n) is 20.1. The summed E-state index contributed by atoms with van der Waals surface area (Å²) in [5.74, 6) is -3.93. The monoisotopic (exact) mass is 584 g/mol. The standard InChI is InChI=1S/C25H23ClF2N2O6S2/c1-14(31)35-24-22(26)37-25(30-24)29-23(32)21(36-20-12-9-16(27)13-19(20)28)15-7-10-18(11-8-15)38(33,34)17-5-3-2-4-6-17/h7-13,17,21H,2-6H2,1H3,(H,29,30,32). The van der Waals surface area contributed by atoms with Gasteiger partial charge < -0.3 is 9.47 Å². The second kappa shape index (κ2) is 11.7. The molecule has 3 aromatic rings. The number of sulfone groups is 1. The van der Waals surface area contributed by atoms with Gasteiger partial charge in [0.2, 0.25) is 6.10 Å². The Morgan fingerprint density at radius 1 is 1.11 bits per heavy atom. The summed E-state index contributed by atoms with van der Waals surface area (Å²) in [7, 11) is -3.56. The number of nitrogens with one attached hydrogen (secondary N) is 1. The maximum Gasteiger partial charge on any atom is 0.309 e. The summed E-state index contributed by atoms with van der Waals surface area (Å²) in [6.07, 6.45) is 2.40. The number of carbonyl (C=O) groups is 2. The van der Waals surface area contributed by atoms with Crippen LogP contribution < -0.4 is 14.8 Å². The molecule has 0 bridgehead atoms. The fourth-order valence-corrected chi connectivity index (χ4v) is 6.86. The molecule has 1 saturated carbocycles. The van der Waals surface area contributed by atoms with Gasteiger partial charge in [0.05, 0.1) is 10.1 Å². The van der Waals surface area contributed by atoms with Crippen LogP contribution in [-0.2, 0) is 19.4 Å². The topological polar surface area (TPSA) is 112 Å². The molecule has 1 amide bonds. The molecule has 1 unspecified atom stereocenters. The number of thiazole rings is 1. The fraction of sp³-hybridized carbons (Fsp3) is 0.320. The summed E-state index contributed by atoms with van der Waals surface area (Å²) >= 11 is 6.83. The summed E-state index contributed by atoms with van der Waals surface area (Å²) in [6.45, 7) is 1.16. The molecule has 1 atom stereocenters. The molecule has 2 aromatic carbocycles. The van der Waals surface area contributed by atoms with Crippen LogP contribution in [-0.4, -0.2) is 30.5 Å². The molecule has 1 aromatic heterocycles. The van der Waals surface area contributed by atoms with Gasteiger partial charge in [-0.2, -0.15) is 4.98 Å². The van der Waals surface area contributed by atoms with Crippen molar-refractivity contribution in [2.45, 2.75) is 55.3 Å². The average molecular weight is 585 g/mol. The van der Waals surface area contributed by atoms with Gasteiger partial charge in [-0.3, -0.25) is 14.9 Å². The smallest absolute Gasteiger partial charge is 0.309 e. The molecule has 0 aliphatic heterocycles. The Balaban J connectivity index is 1.62. The third-order valence-corrected chi connectivity index (χ3v) is 9.32. The van der Waals surface area contributed by atoms with E-state index in [9.17, 15) is 26.8 Å². The molecule has 1 N–H and O–H groups in total. The van der Waals surface area contributed by atoms with E-state index in [4.69, 9.17) is 21.1 Å². The van der Waals surface area contributed by atoms with Crippen molar-refractivity contribution in [3.05, 3.63) is 64.0 Å². The molecule has 1 aliphatic carbocycles. The van der Waals surface area contributed by atoms with E-state index in [1.807, 2.05) is 0 Å². The first-order valence-corrected chi connectivity index (χ1v) is 14.4. The number of ether oxygens (including phenoxy) is 2. The number of nitrogens with zero attached hydrogens (tertiary/aromatic N) is 1. The van der Waals surface area contributed by atoms with Gasteiger partial charge in [-0.25, -0.2) is 17.2 Å². The van der Waals surface area contributed by atoms with Gasteiger partial charge in [-0.1, -0.05) is 54.3 Å². The number of amides is 1.